The van der Waals surface area contributed by atoms with Crippen LogP contribution in [-0.4, -0.2) is 23.0 Å². The van der Waals surface area contributed by atoms with Crippen molar-refractivity contribution in [2.45, 2.75) is 45.1 Å². The largest absolute Gasteiger partial charge is 0.481 e. The first-order valence-electron chi connectivity index (χ1n) is 6.66. The van der Waals surface area contributed by atoms with Crippen molar-refractivity contribution >= 4 is 17.6 Å². The maximum Gasteiger partial charge on any atom is 0.305 e. The minimum Gasteiger partial charge on any atom is -0.481 e. The van der Waals surface area contributed by atoms with Crippen molar-refractivity contribution in [3.8, 4) is 0 Å². The zero-order valence-electron chi connectivity index (χ0n) is 12.1. The minimum absolute atomic E-state index is 0.0694. The fraction of sp³-hybridized carbons (Fsp3) is 0.467. The predicted octanol–water partition coefficient (Wildman–Crippen LogP) is 1.92. The summed E-state index contributed by atoms with van der Waals surface area (Å²) in [5.41, 5.74) is 6.38. The van der Waals surface area contributed by atoms with Crippen molar-refractivity contribution in [2.75, 3.05) is 5.73 Å². The monoisotopic (exact) mass is 278 g/mol. The first-order valence-corrected chi connectivity index (χ1v) is 6.66. The quantitative estimate of drug-likeness (QED) is 0.693. The maximum absolute atomic E-state index is 12.4. The van der Waals surface area contributed by atoms with Gasteiger partial charge in [0.15, 0.2) is 0 Å². The second-order valence-electron chi connectivity index (χ2n) is 5.42. The second-order valence-corrected chi connectivity index (χ2v) is 5.42. The highest BCUT2D eigenvalue weighted by atomic mass is 16.4. The Kier molecular flexibility index (Phi) is 5.13. The lowest BCUT2D eigenvalue weighted by Gasteiger charge is -2.27. The summed E-state index contributed by atoms with van der Waals surface area (Å²) in [7, 11) is 0. The molecule has 0 heterocycles. The summed E-state index contributed by atoms with van der Waals surface area (Å²) in [6.07, 6.45) is 0.510. The summed E-state index contributed by atoms with van der Waals surface area (Å²) >= 11 is 0. The van der Waals surface area contributed by atoms with Gasteiger partial charge in [0.25, 0.3) is 0 Å². The number of hydrogen-bond acceptors (Lipinski definition) is 3. The van der Waals surface area contributed by atoms with Crippen LogP contribution in [0.4, 0.5) is 5.69 Å². The smallest absolute Gasteiger partial charge is 0.305 e. The van der Waals surface area contributed by atoms with Gasteiger partial charge in [0.1, 0.15) is 0 Å². The van der Waals surface area contributed by atoms with E-state index in [0.717, 1.165) is 5.56 Å². The molecule has 1 rings (SSSR count). The lowest BCUT2D eigenvalue weighted by molar-refractivity contribution is -0.137. The van der Waals surface area contributed by atoms with Gasteiger partial charge >= 0.3 is 5.97 Å². The molecule has 1 atom stereocenters. The molecule has 0 saturated heterocycles. The van der Waals surface area contributed by atoms with Crippen molar-refractivity contribution in [3.63, 3.8) is 0 Å². The molecule has 0 aromatic heterocycles. The molecule has 5 nitrogen and oxygen atoms in total. The van der Waals surface area contributed by atoms with Crippen LogP contribution in [0.5, 0.6) is 0 Å². The van der Waals surface area contributed by atoms with Crippen LogP contribution in [0.3, 0.4) is 0 Å². The fourth-order valence-electron chi connectivity index (χ4n) is 1.90. The predicted molar refractivity (Wildman–Crippen MR) is 78.4 cm³/mol. The fourth-order valence-corrected chi connectivity index (χ4v) is 1.90. The zero-order chi connectivity index (χ0) is 15.3. The number of nitrogens with two attached hydrogens (primary N) is 1. The van der Waals surface area contributed by atoms with Crippen molar-refractivity contribution < 1.29 is 14.7 Å². The number of aliphatic carboxylic acids is 1. The van der Waals surface area contributed by atoms with Crippen molar-refractivity contribution in [1.82, 2.24) is 5.32 Å². The normalized spacial score (nSPS) is 12.8. The summed E-state index contributed by atoms with van der Waals surface area (Å²) in [4.78, 5) is 23.1. The molecule has 0 fully saturated rings. The number of carbonyl (C=O) groups excluding carboxylic acids is 1. The van der Waals surface area contributed by atoms with Crippen molar-refractivity contribution in [2.24, 2.45) is 0 Å². The molecule has 0 bridgehead atoms. The van der Waals surface area contributed by atoms with E-state index in [9.17, 15) is 9.59 Å². The Morgan fingerprint density at radius 2 is 1.85 bits per heavy atom. The van der Waals surface area contributed by atoms with Crippen LogP contribution in [0.2, 0.25) is 0 Å². The summed E-state index contributed by atoms with van der Waals surface area (Å²) in [6.45, 7) is 5.47. The Morgan fingerprint density at radius 1 is 1.30 bits per heavy atom. The number of carboxylic acid groups (broad SMARTS) is 1. The van der Waals surface area contributed by atoms with E-state index in [1.165, 1.54) is 0 Å². The van der Waals surface area contributed by atoms with Crippen LogP contribution in [0.25, 0.3) is 0 Å². The average molecular weight is 278 g/mol. The topological polar surface area (TPSA) is 92.4 Å². The highest BCUT2D eigenvalue weighted by molar-refractivity contribution is 5.88. The van der Waals surface area contributed by atoms with Gasteiger partial charge in [-0.05, 0) is 38.0 Å². The Balaban J connectivity index is 2.83. The molecule has 0 saturated carbocycles. The van der Waals surface area contributed by atoms with Crippen LogP contribution in [0.15, 0.2) is 24.3 Å². The first kappa shape index (κ1) is 16.0. The Morgan fingerprint density at radius 3 is 2.30 bits per heavy atom. The third kappa shape index (κ3) is 3.98. The van der Waals surface area contributed by atoms with Gasteiger partial charge in [0, 0.05) is 11.7 Å². The van der Waals surface area contributed by atoms with E-state index in [0.29, 0.717) is 12.1 Å². The molecular weight excluding hydrogens is 256 g/mol. The van der Waals surface area contributed by atoms with Gasteiger partial charge in [-0.15, -0.1) is 0 Å². The summed E-state index contributed by atoms with van der Waals surface area (Å²) < 4.78 is 0. The maximum atomic E-state index is 12.4. The standard InChI is InChI=1S/C15H22N2O3/c1-4-12(9-13(18)19)17-14(20)15(2,3)10-5-7-11(16)8-6-10/h5-8,12H,4,9,16H2,1-3H3,(H,17,20)(H,18,19). The Hall–Kier alpha value is -2.04. The number of amides is 1. The molecule has 20 heavy (non-hydrogen) atoms. The molecule has 5 heteroatoms. The van der Waals surface area contributed by atoms with Gasteiger partial charge in [-0.25, -0.2) is 0 Å². The molecule has 0 aliphatic carbocycles. The van der Waals surface area contributed by atoms with Gasteiger partial charge in [-0.3, -0.25) is 9.59 Å². The highest BCUT2D eigenvalue weighted by Gasteiger charge is 2.31. The molecule has 0 spiro atoms. The van der Waals surface area contributed by atoms with E-state index in [4.69, 9.17) is 10.8 Å². The molecule has 0 aliphatic heterocycles. The third-order valence-electron chi connectivity index (χ3n) is 3.45. The number of anilines is 1. The minimum atomic E-state index is -0.914. The average Bonchev–Trinajstić information content (AvgIpc) is 2.37. The summed E-state index contributed by atoms with van der Waals surface area (Å²) in [5.74, 6) is -1.10. The van der Waals surface area contributed by atoms with E-state index in [-0.39, 0.29) is 18.4 Å². The van der Waals surface area contributed by atoms with Gasteiger partial charge in [0.05, 0.1) is 11.8 Å². The van der Waals surface area contributed by atoms with Crippen LogP contribution in [0, 0.1) is 0 Å². The zero-order valence-corrected chi connectivity index (χ0v) is 12.1. The number of nitrogen functional groups attached to an aromatic ring is 1. The summed E-state index contributed by atoms with van der Waals surface area (Å²) in [6, 6.07) is 6.77. The van der Waals surface area contributed by atoms with E-state index >= 15 is 0 Å². The SMILES string of the molecule is CCC(CC(=O)O)NC(=O)C(C)(C)c1ccc(N)cc1. The lowest BCUT2D eigenvalue weighted by atomic mass is 9.83. The summed E-state index contributed by atoms with van der Waals surface area (Å²) in [5, 5.41) is 11.6. The van der Waals surface area contributed by atoms with Crippen molar-refractivity contribution in [3.05, 3.63) is 29.8 Å². The van der Waals surface area contributed by atoms with Gasteiger partial charge in [-0.2, -0.15) is 0 Å². The number of hydrogen-bond donors (Lipinski definition) is 3. The Labute approximate surface area is 119 Å². The number of benzene rings is 1. The van der Waals surface area contributed by atoms with Gasteiger partial charge in [-0.1, -0.05) is 19.1 Å². The van der Waals surface area contributed by atoms with E-state index in [1.807, 2.05) is 19.1 Å². The number of carboxylic acids is 1. The van der Waals surface area contributed by atoms with Gasteiger partial charge in [0.2, 0.25) is 5.91 Å². The third-order valence-corrected chi connectivity index (χ3v) is 3.45. The number of rotatable bonds is 6. The van der Waals surface area contributed by atoms with E-state index in [1.54, 1.807) is 26.0 Å². The van der Waals surface area contributed by atoms with Crippen LogP contribution in [0.1, 0.15) is 39.2 Å². The number of carbonyl (C=O) groups is 2. The van der Waals surface area contributed by atoms with Crippen molar-refractivity contribution in [1.29, 1.82) is 0 Å². The molecule has 1 aromatic rings. The Bertz CT molecular complexity index is 480. The van der Waals surface area contributed by atoms with Crippen LogP contribution in [-0.2, 0) is 15.0 Å². The molecule has 4 N–H and O–H groups in total. The molecule has 1 amide bonds. The molecule has 110 valence electrons. The highest BCUT2D eigenvalue weighted by Crippen LogP contribution is 2.24. The second kappa shape index (κ2) is 6.41. The van der Waals surface area contributed by atoms with E-state index < -0.39 is 11.4 Å². The lowest BCUT2D eigenvalue weighted by Crippen LogP contribution is -2.45. The van der Waals surface area contributed by atoms with Crippen LogP contribution < -0.4 is 11.1 Å². The molecule has 0 aliphatic rings. The first-order chi connectivity index (χ1) is 9.27. The van der Waals surface area contributed by atoms with Gasteiger partial charge < -0.3 is 16.2 Å². The van der Waals surface area contributed by atoms with Crippen LogP contribution >= 0.6 is 0 Å². The number of nitrogens with one attached hydrogen (secondary N) is 1. The molecular formula is C15H22N2O3. The molecule has 0 radical (unpaired) electrons. The molecule has 1 aromatic carbocycles. The molecule has 1 unspecified atom stereocenters. The van der Waals surface area contributed by atoms with E-state index in [2.05, 4.69) is 5.32 Å².